The Hall–Kier alpha value is -2.61. The first kappa shape index (κ1) is 27.0. The number of aliphatic hydroxyl groups is 1. The van der Waals surface area contributed by atoms with Crippen LogP contribution in [0.25, 0.3) is 5.57 Å². The second kappa shape index (κ2) is 11.9. The highest BCUT2D eigenvalue weighted by atomic mass is 19.1. The number of aliphatic hydroxyl groups excluding tert-OH is 1. The maximum atomic E-state index is 14.8. The number of hydrogen-bond acceptors (Lipinski definition) is 5. The van der Waals surface area contributed by atoms with E-state index in [1.807, 2.05) is 32.9 Å². The quantitative estimate of drug-likeness (QED) is 0.586. The fourth-order valence-electron chi connectivity index (χ4n) is 4.36. The van der Waals surface area contributed by atoms with Gasteiger partial charge in [-0.1, -0.05) is 12.1 Å². The Balaban J connectivity index is 1.46. The normalized spacial score (nSPS) is 20.1. The molecule has 1 saturated heterocycles. The number of hydrogen-bond donors (Lipinski definition) is 2. The van der Waals surface area contributed by atoms with Crippen LogP contribution in [0.5, 0.6) is 5.75 Å². The smallest absolute Gasteiger partial charge is 0.410 e. The van der Waals surface area contributed by atoms with Crippen molar-refractivity contribution in [2.24, 2.45) is 11.8 Å². The number of benzene rings is 1. The van der Waals surface area contributed by atoms with Crippen LogP contribution in [0.1, 0.15) is 65.4 Å². The number of likely N-dealkylation sites (tertiary alicyclic amines) is 1. The zero-order valence-corrected chi connectivity index (χ0v) is 21.3. The molecule has 1 fully saturated rings. The number of carbonyl (C=O) groups excluding carboxylic acids is 2. The number of amides is 2. The molecule has 7 nitrogen and oxygen atoms in total. The van der Waals surface area contributed by atoms with Gasteiger partial charge >= 0.3 is 6.09 Å². The maximum absolute atomic E-state index is 14.8. The molecule has 35 heavy (non-hydrogen) atoms. The van der Waals surface area contributed by atoms with Gasteiger partial charge in [0, 0.05) is 25.6 Å². The Morgan fingerprint density at radius 1 is 1.23 bits per heavy atom. The Kier molecular flexibility index (Phi) is 9.16. The standard InChI is InChI=1S/C27H39FN2O5/c1-18(31)16-29-25(32)21-7-5-20(6-8-21)22-9-10-24(23(28)15-22)34-17-19-11-13-30(14-12-19)26(33)35-27(2,3)4/h5,9-10,15,18-19,21,31H,6-8,11-14,16-17H2,1-4H3,(H,29,32)/t18-,21?/m1/s1. The lowest BCUT2D eigenvalue weighted by atomic mass is 9.86. The van der Waals surface area contributed by atoms with Crippen LogP contribution in [0.3, 0.4) is 0 Å². The monoisotopic (exact) mass is 490 g/mol. The number of ether oxygens (including phenoxy) is 2. The maximum Gasteiger partial charge on any atom is 0.410 e. The molecule has 1 aromatic rings. The first-order valence-electron chi connectivity index (χ1n) is 12.6. The lowest BCUT2D eigenvalue weighted by Crippen LogP contribution is -2.42. The van der Waals surface area contributed by atoms with Crippen LogP contribution in [0.4, 0.5) is 9.18 Å². The van der Waals surface area contributed by atoms with Gasteiger partial charge in [-0.3, -0.25) is 4.79 Å². The van der Waals surface area contributed by atoms with E-state index in [1.165, 1.54) is 6.07 Å². The van der Waals surface area contributed by atoms with Gasteiger partial charge in [0.1, 0.15) is 5.60 Å². The van der Waals surface area contributed by atoms with Crippen LogP contribution in [0.2, 0.25) is 0 Å². The molecule has 8 heteroatoms. The molecule has 2 atom stereocenters. The molecule has 1 aliphatic carbocycles. The van der Waals surface area contributed by atoms with Crippen molar-refractivity contribution in [2.75, 3.05) is 26.2 Å². The number of carbonyl (C=O) groups is 2. The van der Waals surface area contributed by atoms with Crippen molar-refractivity contribution in [1.82, 2.24) is 10.2 Å². The van der Waals surface area contributed by atoms with E-state index in [2.05, 4.69) is 5.32 Å². The zero-order valence-electron chi connectivity index (χ0n) is 21.3. The minimum Gasteiger partial charge on any atom is -0.490 e. The molecule has 2 aliphatic rings. The van der Waals surface area contributed by atoms with Crippen molar-refractivity contribution < 1.29 is 28.6 Å². The lowest BCUT2D eigenvalue weighted by molar-refractivity contribution is -0.125. The summed E-state index contributed by atoms with van der Waals surface area (Å²) in [6, 6.07) is 5.03. The first-order valence-corrected chi connectivity index (χ1v) is 12.6. The molecular weight excluding hydrogens is 451 g/mol. The van der Waals surface area contributed by atoms with Crippen molar-refractivity contribution in [1.29, 1.82) is 0 Å². The highest BCUT2D eigenvalue weighted by Crippen LogP contribution is 2.32. The highest BCUT2D eigenvalue weighted by Gasteiger charge is 2.27. The van der Waals surface area contributed by atoms with Gasteiger partial charge in [-0.2, -0.15) is 0 Å². The third kappa shape index (κ3) is 8.23. The summed E-state index contributed by atoms with van der Waals surface area (Å²) in [6.07, 6.45) is 4.72. The second-order valence-corrected chi connectivity index (χ2v) is 10.7. The third-order valence-electron chi connectivity index (χ3n) is 6.40. The van der Waals surface area contributed by atoms with Crippen LogP contribution in [0.15, 0.2) is 24.3 Å². The predicted molar refractivity (Wildman–Crippen MR) is 132 cm³/mol. The van der Waals surface area contributed by atoms with E-state index in [-0.39, 0.29) is 36.1 Å². The van der Waals surface area contributed by atoms with Gasteiger partial charge in [-0.25, -0.2) is 9.18 Å². The van der Waals surface area contributed by atoms with E-state index in [0.29, 0.717) is 39.0 Å². The molecule has 0 aromatic heterocycles. The van der Waals surface area contributed by atoms with Gasteiger partial charge in [-0.05, 0) is 89.0 Å². The van der Waals surface area contributed by atoms with E-state index in [0.717, 1.165) is 24.0 Å². The summed E-state index contributed by atoms with van der Waals surface area (Å²) >= 11 is 0. The molecule has 1 heterocycles. The first-order chi connectivity index (χ1) is 16.5. The summed E-state index contributed by atoms with van der Waals surface area (Å²) in [5, 5.41) is 12.1. The largest absolute Gasteiger partial charge is 0.490 e. The SMILES string of the molecule is C[C@@H](O)CNC(=O)C1CC=C(c2ccc(OCC3CCN(C(=O)OC(C)(C)C)CC3)c(F)c2)CC1. The Morgan fingerprint density at radius 2 is 1.94 bits per heavy atom. The number of piperidine rings is 1. The molecule has 1 aliphatic heterocycles. The lowest BCUT2D eigenvalue weighted by Gasteiger charge is -2.33. The Morgan fingerprint density at radius 3 is 2.51 bits per heavy atom. The fraction of sp³-hybridized carbons (Fsp3) is 0.630. The van der Waals surface area contributed by atoms with Gasteiger partial charge in [0.05, 0.1) is 12.7 Å². The molecular formula is C27H39FN2O5. The van der Waals surface area contributed by atoms with Crippen LogP contribution in [-0.2, 0) is 9.53 Å². The van der Waals surface area contributed by atoms with Crippen molar-refractivity contribution in [2.45, 2.75) is 71.5 Å². The Labute approximate surface area is 207 Å². The number of halogens is 1. The summed E-state index contributed by atoms with van der Waals surface area (Å²) in [5.41, 5.74) is 1.33. The minimum absolute atomic E-state index is 0.0481. The van der Waals surface area contributed by atoms with Gasteiger partial charge in [-0.15, -0.1) is 0 Å². The molecule has 1 aromatic carbocycles. The fourth-order valence-corrected chi connectivity index (χ4v) is 4.36. The summed E-state index contributed by atoms with van der Waals surface area (Å²) in [6.45, 7) is 9.07. The summed E-state index contributed by atoms with van der Waals surface area (Å²) in [4.78, 5) is 26.1. The molecule has 0 saturated carbocycles. The van der Waals surface area contributed by atoms with Crippen LogP contribution < -0.4 is 10.1 Å². The zero-order chi connectivity index (χ0) is 25.6. The summed E-state index contributed by atoms with van der Waals surface area (Å²) in [7, 11) is 0. The van der Waals surface area contributed by atoms with Crippen LogP contribution in [0, 0.1) is 17.7 Å². The average molecular weight is 491 g/mol. The van der Waals surface area contributed by atoms with E-state index in [9.17, 15) is 19.1 Å². The molecule has 1 unspecified atom stereocenters. The molecule has 0 radical (unpaired) electrons. The molecule has 0 bridgehead atoms. The van der Waals surface area contributed by atoms with E-state index in [4.69, 9.17) is 9.47 Å². The molecule has 2 N–H and O–H groups in total. The number of nitrogens with one attached hydrogen (secondary N) is 1. The molecule has 3 rings (SSSR count). The number of nitrogens with zero attached hydrogens (tertiary/aromatic N) is 1. The summed E-state index contributed by atoms with van der Waals surface area (Å²) in [5.74, 6) is -0.0769. The summed E-state index contributed by atoms with van der Waals surface area (Å²) < 4.78 is 26.0. The third-order valence-corrected chi connectivity index (χ3v) is 6.40. The van der Waals surface area contributed by atoms with Crippen molar-refractivity contribution in [3.8, 4) is 5.75 Å². The number of rotatable bonds is 7. The van der Waals surface area contributed by atoms with E-state index in [1.54, 1.807) is 17.9 Å². The van der Waals surface area contributed by atoms with Gasteiger partial charge in [0.2, 0.25) is 5.91 Å². The average Bonchev–Trinajstić information content (AvgIpc) is 2.81. The molecule has 194 valence electrons. The van der Waals surface area contributed by atoms with Crippen LogP contribution in [-0.4, -0.2) is 60.0 Å². The Bertz CT molecular complexity index is 917. The van der Waals surface area contributed by atoms with Crippen molar-refractivity contribution in [3.63, 3.8) is 0 Å². The van der Waals surface area contributed by atoms with Crippen molar-refractivity contribution >= 4 is 17.6 Å². The van der Waals surface area contributed by atoms with Crippen LogP contribution >= 0.6 is 0 Å². The molecule has 2 amide bonds. The molecule has 0 spiro atoms. The number of allylic oxidation sites excluding steroid dienone is 2. The van der Waals surface area contributed by atoms with Crippen molar-refractivity contribution in [3.05, 3.63) is 35.7 Å². The minimum atomic E-state index is -0.567. The predicted octanol–water partition coefficient (Wildman–Crippen LogP) is 4.53. The van der Waals surface area contributed by atoms with E-state index >= 15 is 0 Å². The second-order valence-electron chi connectivity index (χ2n) is 10.7. The highest BCUT2D eigenvalue weighted by molar-refractivity contribution is 5.80. The van der Waals surface area contributed by atoms with Gasteiger partial charge in [0.15, 0.2) is 11.6 Å². The van der Waals surface area contributed by atoms with Gasteiger partial charge < -0.3 is 24.8 Å². The topological polar surface area (TPSA) is 88.1 Å². The van der Waals surface area contributed by atoms with Gasteiger partial charge in [0.25, 0.3) is 0 Å². The van der Waals surface area contributed by atoms with E-state index < -0.39 is 17.5 Å².